The second kappa shape index (κ2) is 7.55. The van der Waals surface area contributed by atoms with Crippen LogP contribution < -0.4 is 0 Å². The fraction of sp³-hybridized carbons (Fsp3) is 0.0833. The number of fused-ring (bicyclic) bond motifs is 2. The first-order chi connectivity index (χ1) is 13.7. The Labute approximate surface area is 174 Å². The lowest BCUT2D eigenvalue weighted by molar-refractivity contribution is 1.42. The third-order valence-electron chi connectivity index (χ3n) is 5.02. The molecule has 0 bridgehead atoms. The molecule has 0 saturated carbocycles. The number of aryl methyl sites for hydroxylation is 2. The first-order valence-corrected chi connectivity index (χ1v) is 9.68. The van der Waals surface area contributed by atoms with Crippen molar-refractivity contribution >= 4 is 67.7 Å². The number of nitrogens with zero attached hydrogens (tertiary/aromatic N) is 2. The van der Waals surface area contributed by atoms with Gasteiger partial charge in [0.25, 0.3) is 0 Å². The molecule has 0 atom stereocenters. The highest BCUT2D eigenvalue weighted by molar-refractivity contribution is 7.78. The van der Waals surface area contributed by atoms with Crippen molar-refractivity contribution < 1.29 is 0 Å². The van der Waals surface area contributed by atoms with Gasteiger partial charge in [-0.3, -0.25) is 0 Å². The Morgan fingerprint density at radius 3 is 1.32 bits per heavy atom. The van der Waals surface area contributed by atoms with Gasteiger partial charge >= 0.3 is 0 Å². The van der Waals surface area contributed by atoms with Crippen molar-refractivity contribution in [2.24, 2.45) is 9.98 Å². The largest absolute Gasteiger partial charge is 0.194 e. The van der Waals surface area contributed by atoms with E-state index in [9.17, 15) is 0 Å². The van der Waals surface area contributed by atoms with Crippen molar-refractivity contribution in [3.63, 3.8) is 0 Å². The topological polar surface area (TPSA) is 24.7 Å². The Bertz CT molecular complexity index is 1240. The smallest absolute Gasteiger partial charge is 0.0847 e. The lowest BCUT2D eigenvalue weighted by Gasteiger charge is -2.16. The molecule has 0 unspecified atom stereocenters. The summed E-state index contributed by atoms with van der Waals surface area (Å²) in [5, 5.41) is 9.43. The zero-order valence-electron chi connectivity index (χ0n) is 15.5. The monoisotopic (exact) mass is 396 g/mol. The molecule has 4 aromatic carbocycles. The molecule has 2 nitrogen and oxygen atoms in total. The molecule has 0 spiro atoms. The highest BCUT2D eigenvalue weighted by atomic mass is 32.1. The molecule has 0 aliphatic rings. The van der Waals surface area contributed by atoms with Crippen LogP contribution in [0.15, 0.2) is 70.6 Å². The maximum Gasteiger partial charge on any atom is 0.0847 e. The number of hydrogen-bond acceptors (Lipinski definition) is 4. The Kier molecular flexibility index (Phi) is 4.95. The van der Waals surface area contributed by atoms with E-state index in [4.69, 9.17) is 24.4 Å². The third kappa shape index (κ3) is 2.99. The number of thiocarbonyl (C=S) groups is 2. The molecule has 0 saturated heterocycles. The standard InChI is InChI=1S/C24H16N2S2/c1-15-11-21(17-7-3-5-9-19(17)23(15)25-13-27)22-12-16(2)24(26-14-28)20-10-6-4-8-18(20)22/h3-12H,1-2H3. The maximum absolute atomic E-state index is 4.86. The zero-order chi connectivity index (χ0) is 19.7. The molecule has 4 aromatic rings. The molecule has 0 N–H and O–H groups in total. The zero-order valence-corrected chi connectivity index (χ0v) is 17.1. The van der Waals surface area contributed by atoms with E-state index in [0.717, 1.165) is 55.2 Å². The van der Waals surface area contributed by atoms with Crippen LogP contribution in [-0.2, 0) is 0 Å². The minimum atomic E-state index is 0.873. The number of benzene rings is 4. The van der Waals surface area contributed by atoms with Crippen molar-refractivity contribution in [3.8, 4) is 11.1 Å². The van der Waals surface area contributed by atoms with Crippen molar-refractivity contribution in [2.45, 2.75) is 13.8 Å². The highest BCUT2D eigenvalue weighted by Crippen LogP contribution is 2.42. The van der Waals surface area contributed by atoms with Gasteiger partial charge in [0.2, 0.25) is 0 Å². The predicted octanol–water partition coefficient (Wildman–Crippen LogP) is 7.75. The van der Waals surface area contributed by atoms with Crippen LogP contribution in [0, 0.1) is 13.8 Å². The van der Waals surface area contributed by atoms with Gasteiger partial charge in [-0.25, -0.2) is 0 Å². The highest BCUT2D eigenvalue weighted by Gasteiger charge is 2.15. The second-order valence-corrected chi connectivity index (χ2v) is 7.04. The van der Waals surface area contributed by atoms with E-state index in [1.165, 1.54) is 0 Å². The van der Waals surface area contributed by atoms with Crippen LogP contribution in [0.2, 0.25) is 0 Å². The van der Waals surface area contributed by atoms with E-state index in [2.05, 4.69) is 70.6 Å². The van der Waals surface area contributed by atoms with Crippen LogP contribution >= 0.6 is 24.4 Å². The van der Waals surface area contributed by atoms with E-state index in [-0.39, 0.29) is 0 Å². The van der Waals surface area contributed by atoms with Crippen molar-refractivity contribution in [1.82, 2.24) is 0 Å². The van der Waals surface area contributed by atoms with Crippen molar-refractivity contribution in [3.05, 3.63) is 71.8 Å². The van der Waals surface area contributed by atoms with Gasteiger partial charge in [0, 0.05) is 10.8 Å². The normalized spacial score (nSPS) is 10.5. The molecule has 0 aliphatic heterocycles. The quantitative estimate of drug-likeness (QED) is 0.261. The first kappa shape index (κ1) is 18.4. The SMILES string of the molecule is Cc1cc(-c2cc(C)c(N=C=S)c3ccccc23)c2ccccc2c1N=C=S. The summed E-state index contributed by atoms with van der Waals surface area (Å²) >= 11 is 9.72. The van der Waals surface area contributed by atoms with E-state index >= 15 is 0 Å². The van der Waals surface area contributed by atoms with Crippen molar-refractivity contribution in [1.29, 1.82) is 0 Å². The van der Waals surface area contributed by atoms with Crippen LogP contribution in [0.4, 0.5) is 11.4 Å². The lowest BCUT2D eigenvalue weighted by atomic mass is 9.89. The van der Waals surface area contributed by atoms with Gasteiger partial charge in [0.1, 0.15) is 0 Å². The molecule has 4 rings (SSSR count). The molecular formula is C24H16N2S2. The Morgan fingerprint density at radius 1 is 0.607 bits per heavy atom. The Hall–Kier alpha value is -3.00. The summed E-state index contributed by atoms with van der Waals surface area (Å²) in [5.74, 6) is 0. The van der Waals surface area contributed by atoms with Gasteiger partial charge in [-0.1, -0.05) is 48.5 Å². The molecule has 28 heavy (non-hydrogen) atoms. The van der Waals surface area contributed by atoms with E-state index in [1.54, 1.807) is 0 Å². The summed E-state index contributed by atoms with van der Waals surface area (Å²) in [6, 6.07) is 20.9. The number of aliphatic imine (C=N–C) groups is 2. The summed E-state index contributed by atoms with van der Waals surface area (Å²) in [6.45, 7) is 4.11. The molecule has 0 aromatic heterocycles. The van der Waals surface area contributed by atoms with Gasteiger partial charge < -0.3 is 0 Å². The summed E-state index contributed by atoms with van der Waals surface area (Å²) in [4.78, 5) is 8.63. The lowest BCUT2D eigenvalue weighted by Crippen LogP contribution is -1.89. The van der Waals surface area contributed by atoms with Gasteiger partial charge in [-0.05, 0) is 83.4 Å². The molecule has 0 radical (unpaired) electrons. The summed E-state index contributed by atoms with van der Waals surface area (Å²) in [6.07, 6.45) is 0. The average Bonchev–Trinajstić information content (AvgIpc) is 2.72. The molecular weight excluding hydrogens is 380 g/mol. The fourth-order valence-corrected chi connectivity index (χ4v) is 4.02. The molecule has 0 amide bonds. The Morgan fingerprint density at radius 2 is 0.964 bits per heavy atom. The molecule has 0 fully saturated rings. The fourth-order valence-electron chi connectivity index (χ4n) is 3.83. The van der Waals surface area contributed by atoms with Gasteiger partial charge in [0.15, 0.2) is 0 Å². The average molecular weight is 397 g/mol. The van der Waals surface area contributed by atoms with Crippen LogP contribution in [-0.4, -0.2) is 10.3 Å². The summed E-state index contributed by atoms with van der Waals surface area (Å²) in [5.41, 5.74) is 6.19. The van der Waals surface area contributed by atoms with Crippen molar-refractivity contribution in [2.75, 3.05) is 0 Å². The minimum absolute atomic E-state index is 0.873. The van der Waals surface area contributed by atoms with Crippen LogP contribution in [0.5, 0.6) is 0 Å². The summed E-state index contributed by atoms with van der Waals surface area (Å²) < 4.78 is 0. The van der Waals surface area contributed by atoms with Gasteiger partial charge in [0.05, 0.1) is 21.7 Å². The number of rotatable bonds is 3. The number of isothiocyanates is 2. The molecule has 0 heterocycles. The maximum atomic E-state index is 4.86. The first-order valence-electron chi connectivity index (χ1n) is 8.86. The number of hydrogen-bond donors (Lipinski definition) is 0. The predicted molar refractivity (Wildman–Crippen MR) is 126 cm³/mol. The molecule has 134 valence electrons. The molecule has 4 heteroatoms. The van der Waals surface area contributed by atoms with Crippen LogP contribution in [0.25, 0.3) is 32.7 Å². The van der Waals surface area contributed by atoms with E-state index in [0.29, 0.717) is 0 Å². The molecule has 0 aliphatic carbocycles. The minimum Gasteiger partial charge on any atom is -0.194 e. The van der Waals surface area contributed by atoms with Crippen LogP contribution in [0.3, 0.4) is 0 Å². The van der Waals surface area contributed by atoms with Crippen LogP contribution in [0.1, 0.15) is 11.1 Å². The second-order valence-electron chi connectivity index (χ2n) is 6.68. The van der Waals surface area contributed by atoms with Gasteiger partial charge in [-0.15, -0.1) is 0 Å². The van der Waals surface area contributed by atoms with E-state index in [1.807, 2.05) is 24.3 Å². The third-order valence-corrected chi connectivity index (χ3v) is 5.20. The van der Waals surface area contributed by atoms with E-state index < -0.39 is 0 Å². The van der Waals surface area contributed by atoms with Gasteiger partial charge in [-0.2, -0.15) is 9.98 Å². The summed E-state index contributed by atoms with van der Waals surface area (Å²) in [7, 11) is 0. The Balaban J connectivity index is 2.17.